The van der Waals surface area contributed by atoms with Gasteiger partial charge in [0.15, 0.2) is 18.9 Å². The first-order valence-corrected chi connectivity index (χ1v) is 30.5. The lowest BCUT2D eigenvalue weighted by Gasteiger charge is -2.48. The lowest BCUT2D eigenvalue weighted by Crippen LogP contribution is -2.66. The molecule has 17 unspecified atom stereocenters. The van der Waals surface area contributed by atoms with E-state index in [1.165, 1.54) is 77.0 Å². The molecule has 1 amide bonds. The average molecular weight is 1140 g/mol. The summed E-state index contributed by atoms with van der Waals surface area (Å²) in [5, 5.41) is 120. The van der Waals surface area contributed by atoms with E-state index in [2.05, 4.69) is 79.9 Å². The summed E-state index contributed by atoms with van der Waals surface area (Å²) in [6, 6.07) is -0.907. The van der Waals surface area contributed by atoms with E-state index in [-0.39, 0.29) is 18.9 Å². The number of hydrogen-bond acceptors (Lipinski definition) is 18. The Morgan fingerprint density at radius 3 is 1.34 bits per heavy atom. The molecular weight excluding hydrogens is 1030 g/mol. The average Bonchev–Trinajstić information content (AvgIpc) is 3.50. The van der Waals surface area contributed by atoms with Gasteiger partial charge in [-0.15, -0.1) is 0 Å². The van der Waals surface area contributed by atoms with Crippen LogP contribution in [-0.4, -0.2) is 193 Å². The maximum absolute atomic E-state index is 13.3. The molecule has 0 aromatic rings. The van der Waals surface area contributed by atoms with Crippen molar-refractivity contribution in [2.45, 2.75) is 291 Å². The number of rotatable bonds is 44. The fourth-order valence-electron chi connectivity index (χ4n) is 10.1. The molecule has 3 aliphatic heterocycles. The van der Waals surface area contributed by atoms with Crippen LogP contribution in [0.2, 0.25) is 0 Å². The molecule has 464 valence electrons. The Bertz CT molecular complexity index is 1700. The quantitative estimate of drug-likeness (QED) is 0.0259. The zero-order chi connectivity index (χ0) is 58.3. The second-order valence-corrected chi connectivity index (χ2v) is 21.8. The van der Waals surface area contributed by atoms with Crippen LogP contribution in [0.25, 0.3) is 0 Å². The number of carbonyl (C=O) groups excluding carboxylic acids is 1. The summed E-state index contributed by atoms with van der Waals surface area (Å²) in [7, 11) is 0. The van der Waals surface area contributed by atoms with E-state index in [9.17, 15) is 61.0 Å². The minimum absolute atomic E-state index is 0.225. The van der Waals surface area contributed by atoms with Crippen molar-refractivity contribution in [2.75, 3.05) is 26.4 Å². The molecule has 19 nitrogen and oxygen atoms in total. The van der Waals surface area contributed by atoms with Crippen molar-refractivity contribution in [3.8, 4) is 0 Å². The van der Waals surface area contributed by atoms with Crippen molar-refractivity contribution in [3.05, 3.63) is 60.8 Å². The number of carbonyl (C=O) groups is 1. The third-order valence-electron chi connectivity index (χ3n) is 15.1. The van der Waals surface area contributed by atoms with Gasteiger partial charge < -0.3 is 89.9 Å². The second kappa shape index (κ2) is 44.0. The van der Waals surface area contributed by atoms with E-state index in [4.69, 9.17) is 28.4 Å². The van der Waals surface area contributed by atoms with Gasteiger partial charge in [0.25, 0.3) is 0 Å². The van der Waals surface area contributed by atoms with E-state index in [0.29, 0.717) is 12.8 Å². The number of ether oxygens (including phenoxy) is 6. The number of hydrogen-bond donors (Lipinski definition) is 12. The molecule has 0 radical (unpaired) electrons. The van der Waals surface area contributed by atoms with Gasteiger partial charge in [0.2, 0.25) is 5.91 Å². The van der Waals surface area contributed by atoms with E-state index in [1.54, 1.807) is 0 Å². The second-order valence-electron chi connectivity index (χ2n) is 21.8. The van der Waals surface area contributed by atoms with Crippen molar-refractivity contribution < 1.29 is 89.4 Å². The van der Waals surface area contributed by atoms with Crippen molar-refractivity contribution >= 4 is 5.91 Å². The molecule has 3 rings (SSSR count). The summed E-state index contributed by atoms with van der Waals surface area (Å²) >= 11 is 0. The molecule has 0 aromatic carbocycles. The first-order chi connectivity index (χ1) is 38.8. The highest BCUT2D eigenvalue weighted by Gasteiger charge is 2.53. The summed E-state index contributed by atoms with van der Waals surface area (Å²) in [5.74, 6) is -0.276. The summed E-state index contributed by atoms with van der Waals surface area (Å²) in [6.45, 7) is 1.64. The van der Waals surface area contributed by atoms with Crippen LogP contribution >= 0.6 is 0 Å². The maximum Gasteiger partial charge on any atom is 0.220 e. The minimum atomic E-state index is -1.98. The Morgan fingerprint density at radius 1 is 0.463 bits per heavy atom. The fraction of sp³-hybridized carbons (Fsp3) is 0.820. The van der Waals surface area contributed by atoms with Crippen LogP contribution in [0, 0.1) is 0 Å². The maximum atomic E-state index is 13.3. The third kappa shape index (κ3) is 27.5. The van der Waals surface area contributed by atoms with Gasteiger partial charge in [-0.1, -0.05) is 184 Å². The van der Waals surface area contributed by atoms with Crippen LogP contribution in [-0.2, 0) is 33.2 Å². The molecule has 19 heteroatoms. The van der Waals surface area contributed by atoms with E-state index in [1.807, 2.05) is 0 Å². The Kier molecular flexibility index (Phi) is 39.5. The first-order valence-electron chi connectivity index (χ1n) is 30.5. The highest BCUT2D eigenvalue weighted by atomic mass is 16.8. The van der Waals surface area contributed by atoms with Crippen LogP contribution in [0.15, 0.2) is 60.8 Å². The fourth-order valence-corrected chi connectivity index (χ4v) is 10.1. The van der Waals surface area contributed by atoms with Crippen LogP contribution in [0.5, 0.6) is 0 Å². The SMILES string of the molecule is CC/C=C\C/C=C\C/C=C\C/C=C\C/C=C\CCCCCC(=O)NC(COC1OC(CO)C(OC2OC(CO)C(OC3OC(CO)C(O)C(O)C3O)C(O)C2O)C(O)C1O)C(O)CCCCCCCCCCCCCCCCCC. The number of allylic oxidation sites excluding steroid dienone is 10. The highest BCUT2D eigenvalue weighted by molar-refractivity contribution is 5.76. The zero-order valence-electron chi connectivity index (χ0n) is 48.3. The van der Waals surface area contributed by atoms with Gasteiger partial charge in [-0.2, -0.15) is 0 Å². The molecule has 0 saturated carbocycles. The monoisotopic (exact) mass is 1140 g/mol. The Hall–Kier alpha value is -2.51. The Morgan fingerprint density at radius 2 is 0.863 bits per heavy atom. The zero-order valence-corrected chi connectivity index (χ0v) is 48.3. The molecule has 3 heterocycles. The summed E-state index contributed by atoms with van der Waals surface area (Å²) in [6.07, 6.45) is 23.0. The molecule has 0 aromatic heterocycles. The first kappa shape index (κ1) is 71.8. The summed E-state index contributed by atoms with van der Waals surface area (Å²) < 4.78 is 34.3. The third-order valence-corrected chi connectivity index (χ3v) is 15.1. The number of nitrogens with one attached hydrogen (secondary N) is 1. The van der Waals surface area contributed by atoms with E-state index in [0.717, 1.165) is 77.0 Å². The van der Waals surface area contributed by atoms with Crippen LogP contribution in [0.3, 0.4) is 0 Å². The lowest BCUT2D eigenvalue weighted by atomic mass is 9.96. The lowest BCUT2D eigenvalue weighted by molar-refractivity contribution is -0.379. The van der Waals surface area contributed by atoms with E-state index >= 15 is 0 Å². The number of amides is 1. The van der Waals surface area contributed by atoms with Gasteiger partial charge >= 0.3 is 0 Å². The van der Waals surface area contributed by atoms with Gasteiger partial charge in [-0.05, 0) is 57.8 Å². The largest absolute Gasteiger partial charge is 0.394 e. The molecule has 3 fully saturated rings. The van der Waals surface area contributed by atoms with E-state index < -0.39 is 124 Å². The molecule has 3 aliphatic rings. The molecular formula is C61H107NO18. The summed E-state index contributed by atoms with van der Waals surface area (Å²) in [5.41, 5.74) is 0. The Labute approximate surface area is 477 Å². The van der Waals surface area contributed by atoms with Crippen molar-refractivity contribution in [3.63, 3.8) is 0 Å². The highest BCUT2D eigenvalue weighted by Crippen LogP contribution is 2.33. The molecule has 0 bridgehead atoms. The number of aliphatic hydroxyl groups is 11. The predicted molar refractivity (Wildman–Crippen MR) is 305 cm³/mol. The van der Waals surface area contributed by atoms with Gasteiger partial charge in [0.05, 0.1) is 38.6 Å². The molecule has 0 aliphatic carbocycles. The topological polar surface area (TPSA) is 307 Å². The minimum Gasteiger partial charge on any atom is -0.394 e. The Balaban J connectivity index is 1.51. The van der Waals surface area contributed by atoms with Gasteiger partial charge in [0, 0.05) is 6.42 Å². The van der Waals surface area contributed by atoms with Gasteiger partial charge in [0.1, 0.15) is 73.2 Å². The molecule has 17 atom stereocenters. The predicted octanol–water partition coefficient (Wildman–Crippen LogP) is 5.65. The van der Waals surface area contributed by atoms with Crippen LogP contribution < -0.4 is 5.32 Å². The molecule has 3 saturated heterocycles. The van der Waals surface area contributed by atoms with Crippen molar-refractivity contribution in [1.82, 2.24) is 5.32 Å². The van der Waals surface area contributed by atoms with Crippen molar-refractivity contribution in [2.24, 2.45) is 0 Å². The number of unbranched alkanes of at least 4 members (excludes halogenated alkanes) is 18. The van der Waals surface area contributed by atoms with Crippen molar-refractivity contribution in [1.29, 1.82) is 0 Å². The molecule has 80 heavy (non-hydrogen) atoms. The summed E-state index contributed by atoms with van der Waals surface area (Å²) in [4.78, 5) is 13.3. The number of aliphatic hydroxyl groups excluding tert-OH is 11. The normalized spacial score (nSPS) is 30.4. The van der Waals surface area contributed by atoms with Crippen LogP contribution in [0.1, 0.15) is 187 Å². The standard InChI is InChI=1S/C61H107NO18/c1-3-5-7-9-11-13-15-17-19-21-22-23-25-27-29-31-33-35-37-39-49(67)62-44(45(66)38-36-34-32-30-28-26-24-20-18-16-14-12-10-8-6-4-2)43-75-59-55(73)52(70)57(47(41-64)77-59)80-61-56(74)53(71)58(48(42-65)78-61)79-60-54(72)51(69)50(68)46(40-63)76-60/h5,7,11,13,17,19,22-23,27,29,44-48,50-61,63-66,68-74H,3-4,6,8-10,12,14-16,18,20-21,24-26,28,30-43H2,1-2H3,(H,62,67)/b7-5-,13-11-,19-17-,23-22-,29-27-. The molecule has 12 N–H and O–H groups in total. The van der Waals surface area contributed by atoms with Crippen LogP contribution in [0.4, 0.5) is 0 Å². The van der Waals surface area contributed by atoms with Gasteiger partial charge in [-0.25, -0.2) is 0 Å². The smallest absolute Gasteiger partial charge is 0.220 e. The van der Waals surface area contributed by atoms with Gasteiger partial charge in [-0.3, -0.25) is 4.79 Å². The molecule has 0 spiro atoms.